The summed E-state index contributed by atoms with van der Waals surface area (Å²) in [6.07, 6.45) is 2.27. The summed E-state index contributed by atoms with van der Waals surface area (Å²) < 4.78 is 9.31. The van der Waals surface area contributed by atoms with E-state index in [-0.39, 0.29) is 12.2 Å². The third-order valence-corrected chi connectivity index (χ3v) is 3.00. The van der Waals surface area contributed by atoms with Gasteiger partial charge in [0.2, 0.25) is 0 Å². The minimum absolute atomic E-state index is 0.0813. The van der Waals surface area contributed by atoms with Crippen LogP contribution >= 0.6 is 0 Å². The summed E-state index contributed by atoms with van der Waals surface area (Å²) in [6, 6.07) is 0. The maximum Gasteiger partial charge on any atom is 0.309 e. The second-order valence-corrected chi connectivity index (χ2v) is 3.98. The summed E-state index contributed by atoms with van der Waals surface area (Å²) in [4.78, 5) is 34.4. The molecule has 5 nitrogen and oxygen atoms in total. The van der Waals surface area contributed by atoms with Crippen LogP contribution in [0.3, 0.4) is 0 Å². The fourth-order valence-corrected chi connectivity index (χ4v) is 1.99. The molecule has 1 aliphatic carbocycles. The van der Waals surface area contributed by atoms with Gasteiger partial charge < -0.3 is 9.47 Å². The molecule has 1 aliphatic rings. The van der Waals surface area contributed by atoms with E-state index in [4.69, 9.17) is 0 Å². The minimum atomic E-state index is -0.628. The van der Waals surface area contributed by atoms with E-state index < -0.39 is 23.8 Å². The predicted octanol–water partition coefficient (Wildman–Crippen LogP) is 0.874. The Labute approximate surface area is 99.8 Å². The smallest absolute Gasteiger partial charge is 0.309 e. The Morgan fingerprint density at radius 1 is 1.12 bits per heavy atom. The van der Waals surface area contributed by atoms with E-state index in [0.717, 1.165) is 0 Å². The SMILES string of the molecule is COC(=O)[C@@H]1CC=C(C(C)=O)C[C@H]1C(=O)OC. The second-order valence-electron chi connectivity index (χ2n) is 3.98. The molecule has 0 fully saturated rings. The summed E-state index contributed by atoms with van der Waals surface area (Å²) in [5, 5.41) is 0. The number of ether oxygens (including phenoxy) is 2. The van der Waals surface area contributed by atoms with Gasteiger partial charge in [-0.25, -0.2) is 0 Å². The van der Waals surface area contributed by atoms with Crippen molar-refractivity contribution >= 4 is 17.7 Å². The maximum atomic E-state index is 11.6. The average molecular weight is 240 g/mol. The Kier molecular flexibility index (Phi) is 4.43. The van der Waals surface area contributed by atoms with Gasteiger partial charge in [-0.3, -0.25) is 14.4 Å². The number of rotatable bonds is 3. The minimum Gasteiger partial charge on any atom is -0.469 e. The van der Waals surface area contributed by atoms with Crippen LogP contribution in [0.4, 0.5) is 0 Å². The zero-order chi connectivity index (χ0) is 13.0. The Morgan fingerprint density at radius 2 is 1.65 bits per heavy atom. The van der Waals surface area contributed by atoms with Crippen LogP contribution in [0.5, 0.6) is 0 Å². The van der Waals surface area contributed by atoms with Crippen molar-refractivity contribution in [1.82, 2.24) is 0 Å². The molecule has 5 heteroatoms. The van der Waals surface area contributed by atoms with E-state index in [1.807, 2.05) is 0 Å². The van der Waals surface area contributed by atoms with E-state index in [1.54, 1.807) is 6.08 Å². The van der Waals surface area contributed by atoms with Crippen LogP contribution in [0, 0.1) is 11.8 Å². The fraction of sp³-hybridized carbons (Fsp3) is 0.583. The highest BCUT2D eigenvalue weighted by atomic mass is 16.5. The summed E-state index contributed by atoms with van der Waals surface area (Å²) in [5.74, 6) is -2.19. The molecule has 0 N–H and O–H groups in total. The van der Waals surface area contributed by atoms with Gasteiger partial charge in [0.25, 0.3) is 0 Å². The highest BCUT2D eigenvalue weighted by molar-refractivity contribution is 5.95. The van der Waals surface area contributed by atoms with Crippen molar-refractivity contribution in [1.29, 1.82) is 0 Å². The van der Waals surface area contributed by atoms with Gasteiger partial charge in [0.15, 0.2) is 5.78 Å². The van der Waals surface area contributed by atoms with Gasteiger partial charge in [-0.1, -0.05) is 6.08 Å². The lowest BCUT2D eigenvalue weighted by Gasteiger charge is -2.26. The maximum absolute atomic E-state index is 11.6. The molecule has 0 aromatic carbocycles. The molecule has 0 bridgehead atoms. The number of carbonyl (C=O) groups is 3. The predicted molar refractivity (Wildman–Crippen MR) is 59.0 cm³/mol. The van der Waals surface area contributed by atoms with E-state index >= 15 is 0 Å². The number of hydrogen-bond acceptors (Lipinski definition) is 5. The third kappa shape index (κ3) is 2.93. The number of allylic oxidation sites excluding steroid dienone is 2. The van der Waals surface area contributed by atoms with E-state index in [0.29, 0.717) is 12.0 Å². The summed E-state index contributed by atoms with van der Waals surface area (Å²) in [7, 11) is 2.54. The van der Waals surface area contributed by atoms with Crippen LogP contribution in [-0.4, -0.2) is 31.9 Å². The number of ketones is 1. The standard InChI is InChI=1S/C12H16O5/c1-7(13)8-4-5-9(11(14)16-2)10(6-8)12(15)17-3/h4,9-10H,5-6H2,1-3H3/t9-,10-/m1/s1. The lowest BCUT2D eigenvalue weighted by Crippen LogP contribution is -2.34. The lowest BCUT2D eigenvalue weighted by molar-refractivity contribution is -0.157. The Balaban J connectivity index is 2.94. The summed E-state index contributed by atoms with van der Waals surface area (Å²) in [5.41, 5.74) is 0.570. The highest BCUT2D eigenvalue weighted by Crippen LogP contribution is 2.31. The molecule has 0 saturated heterocycles. The van der Waals surface area contributed by atoms with Crippen LogP contribution in [0.15, 0.2) is 11.6 Å². The first-order valence-corrected chi connectivity index (χ1v) is 5.36. The monoisotopic (exact) mass is 240 g/mol. The first-order chi connectivity index (χ1) is 8.01. The largest absolute Gasteiger partial charge is 0.469 e. The van der Waals surface area contributed by atoms with Crippen molar-refractivity contribution in [3.8, 4) is 0 Å². The van der Waals surface area contributed by atoms with Gasteiger partial charge in [-0.2, -0.15) is 0 Å². The lowest BCUT2D eigenvalue weighted by atomic mass is 9.78. The van der Waals surface area contributed by atoms with Crippen LogP contribution in [0.1, 0.15) is 19.8 Å². The molecule has 0 spiro atoms. The zero-order valence-electron chi connectivity index (χ0n) is 10.2. The fourth-order valence-electron chi connectivity index (χ4n) is 1.99. The molecule has 0 radical (unpaired) electrons. The van der Waals surface area contributed by atoms with Gasteiger partial charge in [0, 0.05) is 0 Å². The normalized spacial score (nSPS) is 23.6. The van der Waals surface area contributed by atoms with E-state index in [9.17, 15) is 14.4 Å². The van der Waals surface area contributed by atoms with Crippen molar-refractivity contribution in [2.24, 2.45) is 11.8 Å². The number of carbonyl (C=O) groups excluding carboxylic acids is 3. The van der Waals surface area contributed by atoms with Gasteiger partial charge in [0.1, 0.15) is 0 Å². The van der Waals surface area contributed by atoms with E-state index in [1.165, 1.54) is 21.1 Å². The highest BCUT2D eigenvalue weighted by Gasteiger charge is 2.38. The molecule has 0 aromatic heterocycles. The first-order valence-electron chi connectivity index (χ1n) is 5.36. The van der Waals surface area contributed by atoms with E-state index in [2.05, 4.69) is 9.47 Å². The van der Waals surface area contributed by atoms with Crippen LogP contribution < -0.4 is 0 Å². The zero-order valence-corrected chi connectivity index (χ0v) is 10.2. The third-order valence-electron chi connectivity index (χ3n) is 3.00. The molecule has 0 unspecified atom stereocenters. The number of hydrogen-bond donors (Lipinski definition) is 0. The van der Waals surface area contributed by atoms with Gasteiger partial charge in [0.05, 0.1) is 26.1 Å². The Bertz CT molecular complexity index is 369. The molecule has 94 valence electrons. The van der Waals surface area contributed by atoms with Crippen LogP contribution in [-0.2, 0) is 23.9 Å². The van der Waals surface area contributed by atoms with Gasteiger partial charge >= 0.3 is 11.9 Å². The first kappa shape index (κ1) is 13.4. The second kappa shape index (κ2) is 5.61. The summed E-state index contributed by atoms with van der Waals surface area (Å²) in [6.45, 7) is 1.44. The number of methoxy groups -OCH3 is 2. The van der Waals surface area contributed by atoms with Crippen molar-refractivity contribution in [2.75, 3.05) is 14.2 Å². The Hall–Kier alpha value is -1.65. The van der Waals surface area contributed by atoms with Crippen molar-refractivity contribution < 1.29 is 23.9 Å². The molecule has 0 saturated carbocycles. The van der Waals surface area contributed by atoms with Gasteiger partial charge in [-0.15, -0.1) is 0 Å². The van der Waals surface area contributed by atoms with Crippen molar-refractivity contribution in [3.05, 3.63) is 11.6 Å². The molecule has 0 heterocycles. The topological polar surface area (TPSA) is 69.7 Å². The molecule has 0 amide bonds. The Morgan fingerprint density at radius 3 is 2.12 bits per heavy atom. The molecule has 0 aromatic rings. The number of esters is 2. The quantitative estimate of drug-likeness (QED) is 0.685. The average Bonchev–Trinajstić information content (AvgIpc) is 2.35. The molecular formula is C12H16O5. The molecule has 0 aliphatic heterocycles. The van der Waals surface area contributed by atoms with Crippen LogP contribution in [0.2, 0.25) is 0 Å². The van der Waals surface area contributed by atoms with Crippen LogP contribution in [0.25, 0.3) is 0 Å². The molecule has 1 rings (SSSR count). The molecule has 17 heavy (non-hydrogen) atoms. The molecular weight excluding hydrogens is 224 g/mol. The van der Waals surface area contributed by atoms with Gasteiger partial charge in [-0.05, 0) is 25.3 Å². The summed E-state index contributed by atoms with van der Waals surface area (Å²) >= 11 is 0. The van der Waals surface area contributed by atoms with Crippen molar-refractivity contribution in [3.63, 3.8) is 0 Å². The van der Waals surface area contributed by atoms with Crippen molar-refractivity contribution in [2.45, 2.75) is 19.8 Å². The molecule has 2 atom stereocenters. The number of Topliss-reactive ketones (excluding diaryl/α,β-unsaturated/α-hetero) is 1.